The van der Waals surface area contributed by atoms with Gasteiger partial charge >= 0.3 is 0 Å². The summed E-state index contributed by atoms with van der Waals surface area (Å²) < 4.78 is 7.66. The number of rotatable bonds is 2. The molecule has 6 nitrogen and oxygen atoms in total. The van der Waals surface area contributed by atoms with Crippen LogP contribution in [0.3, 0.4) is 0 Å². The van der Waals surface area contributed by atoms with Crippen molar-refractivity contribution < 1.29 is 9.53 Å². The Morgan fingerprint density at radius 3 is 3.29 bits per heavy atom. The van der Waals surface area contributed by atoms with Gasteiger partial charge in [-0.3, -0.25) is 4.79 Å². The van der Waals surface area contributed by atoms with E-state index in [1.165, 1.54) is 0 Å². The smallest absolute Gasteiger partial charge is 0.222 e. The van der Waals surface area contributed by atoms with Crippen molar-refractivity contribution in [3.05, 3.63) is 11.9 Å². The zero-order valence-corrected chi connectivity index (χ0v) is 9.87. The molecule has 0 bridgehead atoms. The Bertz CT molecular complexity index is 431. The highest BCUT2D eigenvalue weighted by molar-refractivity contribution is 5.76. The first kappa shape index (κ1) is 10.7. The van der Waals surface area contributed by atoms with Crippen molar-refractivity contribution in [3.8, 4) is 0 Å². The van der Waals surface area contributed by atoms with Crippen molar-refractivity contribution in [3.63, 3.8) is 0 Å². The molecule has 1 amide bonds. The van der Waals surface area contributed by atoms with Crippen LogP contribution in [0.2, 0.25) is 0 Å². The fourth-order valence-electron chi connectivity index (χ4n) is 2.57. The zero-order valence-electron chi connectivity index (χ0n) is 9.87. The van der Waals surface area contributed by atoms with E-state index in [4.69, 9.17) is 4.74 Å². The summed E-state index contributed by atoms with van der Waals surface area (Å²) in [5.41, 5.74) is 0.996. The van der Waals surface area contributed by atoms with Crippen molar-refractivity contribution in [2.45, 2.75) is 38.5 Å². The predicted molar refractivity (Wildman–Crippen MR) is 59.1 cm³/mol. The minimum atomic E-state index is 0.0741. The Hall–Kier alpha value is -1.43. The minimum Gasteiger partial charge on any atom is -0.368 e. The Balaban J connectivity index is 1.77. The monoisotopic (exact) mass is 236 g/mol. The van der Waals surface area contributed by atoms with E-state index in [9.17, 15) is 4.79 Å². The lowest BCUT2D eigenvalue weighted by Gasteiger charge is -2.25. The molecule has 0 radical (unpaired) electrons. The number of carbonyl (C=O) groups excluding carboxylic acids is 1. The topological polar surface area (TPSA) is 60.3 Å². The van der Waals surface area contributed by atoms with E-state index in [-0.39, 0.29) is 18.1 Å². The minimum absolute atomic E-state index is 0.0741. The number of carbonyl (C=O) groups is 1. The number of fused-ring (bicyclic) bond motifs is 3. The average molecular weight is 236 g/mol. The summed E-state index contributed by atoms with van der Waals surface area (Å²) in [5, 5.41) is 7.99. The van der Waals surface area contributed by atoms with Gasteiger partial charge in [-0.1, -0.05) is 12.1 Å². The Morgan fingerprint density at radius 2 is 2.47 bits per heavy atom. The highest BCUT2D eigenvalue weighted by Crippen LogP contribution is 2.30. The van der Waals surface area contributed by atoms with Crippen LogP contribution >= 0.6 is 0 Å². The summed E-state index contributed by atoms with van der Waals surface area (Å²) in [6.07, 6.45) is 3.31. The van der Waals surface area contributed by atoms with Gasteiger partial charge in [-0.05, 0) is 6.42 Å². The van der Waals surface area contributed by atoms with E-state index < -0.39 is 0 Å². The van der Waals surface area contributed by atoms with Crippen LogP contribution in [0.15, 0.2) is 6.20 Å². The number of aromatic nitrogens is 3. The molecule has 17 heavy (non-hydrogen) atoms. The number of likely N-dealkylation sites (tertiary alicyclic amines) is 1. The average Bonchev–Trinajstić information content (AvgIpc) is 2.94. The molecule has 0 unspecified atom stereocenters. The normalized spacial score (nSPS) is 26.8. The fourth-order valence-corrected chi connectivity index (χ4v) is 2.57. The molecule has 0 aromatic carbocycles. The van der Waals surface area contributed by atoms with Gasteiger partial charge in [0.2, 0.25) is 5.91 Å². The van der Waals surface area contributed by atoms with Crippen LogP contribution in [0.1, 0.15) is 31.5 Å². The maximum absolute atomic E-state index is 11.9. The van der Waals surface area contributed by atoms with Gasteiger partial charge in [-0.25, -0.2) is 4.68 Å². The highest BCUT2D eigenvalue weighted by Gasteiger charge is 2.40. The molecule has 0 aliphatic carbocycles. The van der Waals surface area contributed by atoms with Gasteiger partial charge in [0.05, 0.1) is 30.6 Å². The molecule has 3 rings (SSSR count). The van der Waals surface area contributed by atoms with Gasteiger partial charge in [-0.15, -0.1) is 5.10 Å². The van der Waals surface area contributed by atoms with E-state index >= 15 is 0 Å². The molecule has 1 aromatic rings. The lowest BCUT2D eigenvalue weighted by molar-refractivity contribution is -0.130. The summed E-state index contributed by atoms with van der Waals surface area (Å²) >= 11 is 0. The Labute approximate surface area is 99.5 Å². The maximum atomic E-state index is 11.9. The van der Waals surface area contributed by atoms with Gasteiger partial charge in [-0.2, -0.15) is 0 Å². The van der Waals surface area contributed by atoms with Crippen LogP contribution in [0.4, 0.5) is 0 Å². The summed E-state index contributed by atoms with van der Waals surface area (Å²) in [6.45, 7) is 3.94. The molecule has 6 heteroatoms. The van der Waals surface area contributed by atoms with Crippen LogP contribution in [-0.4, -0.2) is 45.0 Å². The molecule has 0 spiro atoms. The van der Waals surface area contributed by atoms with Gasteiger partial charge in [0.25, 0.3) is 0 Å². The Morgan fingerprint density at radius 1 is 1.59 bits per heavy atom. The van der Waals surface area contributed by atoms with Crippen molar-refractivity contribution >= 4 is 5.91 Å². The molecular formula is C11H16N4O2. The number of hydrogen-bond donors (Lipinski definition) is 0. The second-order valence-electron chi connectivity index (χ2n) is 4.64. The molecule has 2 atom stereocenters. The third-order valence-corrected chi connectivity index (χ3v) is 3.46. The molecule has 2 aliphatic rings. The number of ether oxygens (including phenoxy) is 1. The zero-order chi connectivity index (χ0) is 11.8. The summed E-state index contributed by atoms with van der Waals surface area (Å²) in [7, 11) is 0. The first-order valence-electron chi connectivity index (χ1n) is 6.08. The highest BCUT2D eigenvalue weighted by atomic mass is 16.5. The van der Waals surface area contributed by atoms with Crippen molar-refractivity contribution in [1.82, 2.24) is 19.9 Å². The predicted octanol–water partition coefficient (Wildman–Crippen LogP) is 0.360. The molecule has 0 N–H and O–H groups in total. The van der Waals surface area contributed by atoms with Crippen molar-refractivity contribution in [1.29, 1.82) is 0 Å². The summed E-state index contributed by atoms with van der Waals surface area (Å²) in [4.78, 5) is 13.7. The van der Waals surface area contributed by atoms with Crippen molar-refractivity contribution in [2.75, 3.05) is 13.1 Å². The fraction of sp³-hybridized carbons (Fsp3) is 0.727. The third kappa shape index (κ3) is 1.72. The van der Waals surface area contributed by atoms with Gasteiger partial charge in [0, 0.05) is 19.5 Å². The van der Waals surface area contributed by atoms with Gasteiger partial charge in [0.1, 0.15) is 0 Å². The van der Waals surface area contributed by atoms with E-state index in [1.807, 2.05) is 16.5 Å². The van der Waals surface area contributed by atoms with E-state index in [2.05, 4.69) is 10.3 Å². The SMILES string of the molecule is CCCC(=O)N1C[C@@H]2OCc3cnnn3[C@H]2C1. The van der Waals surface area contributed by atoms with Crippen LogP contribution in [0.5, 0.6) is 0 Å². The standard InChI is InChI=1S/C11H16N4O2/c1-2-3-11(16)14-5-9-10(6-14)17-7-8-4-12-13-15(8)9/h4,9-10H,2-3,5-7H2,1H3/t9-,10-/m0/s1. The number of amides is 1. The second-order valence-corrected chi connectivity index (χ2v) is 4.64. The number of hydrogen-bond acceptors (Lipinski definition) is 4. The molecule has 0 saturated carbocycles. The van der Waals surface area contributed by atoms with Crippen LogP contribution < -0.4 is 0 Å². The third-order valence-electron chi connectivity index (χ3n) is 3.46. The molecule has 1 saturated heterocycles. The van der Waals surface area contributed by atoms with Gasteiger partial charge < -0.3 is 9.64 Å². The first-order chi connectivity index (χ1) is 8.29. The van der Waals surface area contributed by atoms with E-state index in [1.54, 1.807) is 6.20 Å². The molecule has 1 fully saturated rings. The number of nitrogens with zero attached hydrogens (tertiary/aromatic N) is 4. The Kier molecular flexibility index (Phi) is 2.58. The van der Waals surface area contributed by atoms with Crippen LogP contribution in [0, 0.1) is 0 Å². The maximum Gasteiger partial charge on any atom is 0.222 e. The lowest BCUT2D eigenvalue weighted by Crippen LogP contribution is -2.32. The molecule has 2 aliphatic heterocycles. The summed E-state index contributed by atoms with van der Waals surface area (Å²) in [5.74, 6) is 0.215. The van der Waals surface area contributed by atoms with E-state index in [0.29, 0.717) is 26.1 Å². The molecule has 92 valence electrons. The molecule has 3 heterocycles. The molecular weight excluding hydrogens is 220 g/mol. The second kappa shape index (κ2) is 4.10. The van der Waals surface area contributed by atoms with Crippen LogP contribution in [0.25, 0.3) is 0 Å². The van der Waals surface area contributed by atoms with Crippen LogP contribution in [-0.2, 0) is 16.1 Å². The largest absolute Gasteiger partial charge is 0.368 e. The van der Waals surface area contributed by atoms with Crippen molar-refractivity contribution in [2.24, 2.45) is 0 Å². The summed E-state index contributed by atoms with van der Waals surface area (Å²) in [6, 6.07) is 0.141. The first-order valence-corrected chi connectivity index (χ1v) is 6.08. The van der Waals surface area contributed by atoms with E-state index in [0.717, 1.165) is 12.1 Å². The quantitative estimate of drug-likeness (QED) is 0.744. The lowest BCUT2D eigenvalue weighted by atomic mass is 10.2. The molecule has 1 aromatic heterocycles. The van der Waals surface area contributed by atoms with Gasteiger partial charge in [0.15, 0.2) is 0 Å².